The third-order valence-corrected chi connectivity index (χ3v) is 4.64. The van der Waals surface area contributed by atoms with Gasteiger partial charge in [-0.25, -0.2) is 0 Å². The number of rotatable bonds is 10. The Morgan fingerprint density at radius 1 is 1.39 bits per heavy atom. The van der Waals surface area contributed by atoms with Crippen LogP contribution in [0.4, 0.5) is 5.69 Å². The van der Waals surface area contributed by atoms with Crippen molar-refractivity contribution in [2.24, 2.45) is 11.8 Å². The summed E-state index contributed by atoms with van der Waals surface area (Å²) in [6.07, 6.45) is 2.07. The lowest BCUT2D eigenvalue weighted by Crippen LogP contribution is -2.36. The molecule has 2 rings (SSSR count). The minimum atomic E-state index is -0.447. The van der Waals surface area contributed by atoms with Gasteiger partial charge in [0, 0.05) is 44.1 Å². The zero-order chi connectivity index (χ0) is 20.5. The number of non-ortho nitro benzene ring substituents is 1. The number of aromatic nitrogens is 1. The lowest BCUT2D eigenvalue weighted by molar-refractivity contribution is -0.384. The molecule has 148 valence electrons. The lowest BCUT2D eigenvalue weighted by atomic mass is 9.95. The number of hydrogen-bond donors (Lipinski definition) is 2. The molecule has 3 atom stereocenters. The van der Waals surface area contributed by atoms with Crippen molar-refractivity contribution in [3.8, 4) is 6.07 Å². The molecular weight excluding hydrogens is 360 g/mol. The number of amides is 1. The Balaban J connectivity index is 1.98. The Morgan fingerprint density at radius 3 is 2.79 bits per heavy atom. The summed E-state index contributed by atoms with van der Waals surface area (Å²) < 4.78 is 5.45. The Hall–Kier alpha value is -3.18. The van der Waals surface area contributed by atoms with E-state index >= 15 is 0 Å². The number of aromatic amines is 1. The number of nitriles is 1. The molecule has 0 saturated heterocycles. The van der Waals surface area contributed by atoms with E-state index in [1.54, 1.807) is 32.4 Å². The van der Waals surface area contributed by atoms with Crippen LogP contribution in [0.15, 0.2) is 42.6 Å². The van der Waals surface area contributed by atoms with Crippen LogP contribution in [0.3, 0.4) is 0 Å². The minimum absolute atomic E-state index is 0.0137. The van der Waals surface area contributed by atoms with Crippen LogP contribution in [0, 0.1) is 33.3 Å². The second-order valence-corrected chi connectivity index (χ2v) is 6.67. The Labute approximate surface area is 163 Å². The standard InChI is InChI=1S/C20H24N4O4/c1-14(19(28-2)18-7-4-10-22-18)20(25)23-13-16(8-9-21)11-15-5-3-6-17(12-15)24(26)27/h3-7,10,12,14,16,19,22H,8,11,13H2,1-2H3,(H,23,25)/t14-,16-,19-/m1/s1. The molecule has 0 aliphatic heterocycles. The molecule has 8 heteroatoms. The van der Waals surface area contributed by atoms with Crippen molar-refractivity contribution >= 4 is 11.6 Å². The summed E-state index contributed by atoms with van der Waals surface area (Å²) >= 11 is 0. The van der Waals surface area contributed by atoms with Crippen molar-refractivity contribution in [2.75, 3.05) is 13.7 Å². The predicted octanol–water partition coefficient (Wildman–Crippen LogP) is 3.14. The van der Waals surface area contributed by atoms with Crippen LogP contribution in [0.5, 0.6) is 0 Å². The highest BCUT2D eigenvalue weighted by Crippen LogP contribution is 2.24. The molecule has 0 unspecified atom stereocenters. The van der Waals surface area contributed by atoms with E-state index in [4.69, 9.17) is 10.00 Å². The van der Waals surface area contributed by atoms with Gasteiger partial charge in [0.1, 0.15) is 6.10 Å². The number of nitro groups is 1. The number of nitrogens with one attached hydrogen (secondary N) is 2. The number of nitrogens with zero attached hydrogens (tertiary/aromatic N) is 2. The van der Waals surface area contributed by atoms with Crippen LogP contribution in [0.25, 0.3) is 0 Å². The maximum absolute atomic E-state index is 12.6. The topological polar surface area (TPSA) is 121 Å². The molecule has 1 aromatic heterocycles. The first-order valence-electron chi connectivity index (χ1n) is 9.00. The molecule has 1 heterocycles. The van der Waals surface area contributed by atoms with Crippen LogP contribution in [-0.2, 0) is 16.0 Å². The van der Waals surface area contributed by atoms with Crippen LogP contribution in [0.2, 0.25) is 0 Å². The van der Waals surface area contributed by atoms with Crippen molar-refractivity contribution < 1.29 is 14.5 Å². The van der Waals surface area contributed by atoms with E-state index in [1.165, 1.54) is 12.1 Å². The second kappa shape index (κ2) is 10.2. The number of ether oxygens (including phenoxy) is 1. The molecule has 0 spiro atoms. The first kappa shape index (κ1) is 21.1. The van der Waals surface area contributed by atoms with E-state index in [-0.39, 0.29) is 23.9 Å². The SMILES string of the molecule is CO[C@@H](c1ccc[nH]1)[C@@H](C)C(=O)NC[C@H](CC#N)Cc1cccc([N+](=O)[O-])c1. The summed E-state index contributed by atoms with van der Waals surface area (Å²) in [4.78, 5) is 26.1. The van der Waals surface area contributed by atoms with E-state index in [9.17, 15) is 14.9 Å². The highest BCUT2D eigenvalue weighted by molar-refractivity contribution is 5.79. The van der Waals surface area contributed by atoms with Gasteiger partial charge in [0.05, 0.1) is 16.9 Å². The molecule has 2 N–H and O–H groups in total. The van der Waals surface area contributed by atoms with E-state index in [2.05, 4.69) is 16.4 Å². The normalized spacial score (nSPS) is 13.9. The maximum Gasteiger partial charge on any atom is 0.269 e. The number of methoxy groups -OCH3 is 1. The van der Waals surface area contributed by atoms with Crippen molar-refractivity contribution in [3.63, 3.8) is 0 Å². The van der Waals surface area contributed by atoms with Gasteiger partial charge in [-0.15, -0.1) is 0 Å². The molecule has 2 aromatic rings. The molecule has 0 radical (unpaired) electrons. The largest absolute Gasteiger partial charge is 0.374 e. The number of carbonyl (C=O) groups is 1. The van der Waals surface area contributed by atoms with Gasteiger partial charge >= 0.3 is 0 Å². The average Bonchev–Trinajstić information content (AvgIpc) is 3.21. The van der Waals surface area contributed by atoms with Crippen molar-refractivity contribution in [1.82, 2.24) is 10.3 Å². The molecular formula is C20H24N4O4. The van der Waals surface area contributed by atoms with Gasteiger partial charge in [-0.2, -0.15) is 5.26 Å². The molecule has 0 aliphatic carbocycles. The van der Waals surface area contributed by atoms with Crippen molar-refractivity contribution in [3.05, 3.63) is 64.0 Å². The second-order valence-electron chi connectivity index (χ2n) is 6.67. The average molecular weight is 384 g/mol. The number of H-pyrrole nitrogens is 1. The predicted molar refractivity (Wildman–Crippen MR) is 103 cm³/mol. The summed E-state index contributed by atoms with van der Waals surface area (Å²) in [5.41, 5.74) is 1.59. The van der Waals surface area contributed by atoms with Gasteiger partial charge in [-0.05, 0) is 30.0 Å². The van der Waals surface area contributed by atoms with Gasteiger partial charge in [0.25, 0.3) is 5.69 Å². The zero-order valence-electron chi connectivity index (χ0n) is 15.9. The van der Waals surface area contributed by atoms with Crippen molar-refractivity contribution in [1.29, 1.82) is 5.26 Å². The van der Waals surface area contributed by atoms with E-state index in [0.29, 0.717) is 13.0 Å². The van der Waals surface area contributed by atoms with E-state index in [0.717, 1.165) is 11.3 Å². The summed E-state index contributed by atoms with van der Waals surface area (Å²) in [6, 6.07) is 12.2. The molecule has 1 aromatic carbocycles. The quantitative estimate of drug-likeness (QED) is 0.481. The number of benzene rings is 1. The van der Waals surface area contributed by atoms with Crippen LogP contribution in [-0.4, -0.2) is 29.5 Å². The maximum atomic E-state index is 12.6. The minimum Gasteiger partial charge on any atom is -0.374 e. The molecule has 0 saturated carbocycles. The van der Waals surface area contributed by atoms with Gasteiger partial charge in [-0.1, -0.05) is 19.1 Å². The van der Waals surface area contributed by atoms with Crippen molar-refractivity contribution in [2.45, 2.75) is 25.9 Å². The van der Waals surface area contributed by atoms with Gasteiger partial charge in [0.15, 0.2) is 0 Å². The number of hydrogen-bond acceptors (Lipinski definition) is 5. The highest BCUT2D eigenvalue weighted by atomic mass is 16.6. The third-order valence-electron chi connectivity index (χ3n) is 4.64. The van der Waals surface area contributed by atoms with E-state index in [1.807, 2.05) is 12.1 Å². The molecule has 0 bridgehead atoms. The van der Waals surface area contributed by atoms with Crippen LogP contribution < -0.4 is 5.32 Å². The van der Waals surface area contributed by atoms with Crippen LogP contribution in [0.1, 0.15) is 30.7 Å². The molecule has 8 nitrogen and oxygen atoms in total. The first-order chi connectivity index (χ1) is 13.5. The van der Waals surface area contributed by atoms with Gasteiger partial charge in [-0.3, -0.25) is 14.9 Å². The Morgan fingerprint density at radius 2 is 2.18 bits per heavy atom. The third kappa shape index (κ3) is 5.66. The Bertz CT molecular complexity index is 829. The molecule has 0 aliphatic rings. The fourth-order valence-corrected chi connectivity index (χ4v) is 3.14. The molecule has 0 fully saturated rings. The Kier molecular flexibility index (Phi) is 7.72. The highest BCUT2D eigenvalue weighted by Gasteiger charge is 2.26. The fourth-order valence-electron chi connectivity index (χ4n) is 3.14. The lowest BCUT2D eigenvalue weighted by Gasteiger charge is -2.22. The monoisotopic (exact) mass is 384 g/mol. The summed E-state index contributed by atoms with van der Waals surface area (Å²) in [6.45, 7) is 2.09. The van der Waals surface area contributed by atoms with Gasteiger partial charge < -0.3 is 15.0 Å². The smallest absolute Gasteiger partial charge is 0.269 e. The number of nitro benzene ring substituents is 1. The first-order valence-corrected chi connectivity index (χ1v) is 9.00. The summed E-state index contributed by atoms with van der Waals surface area (Å²) in [5.74, 6) is -0.748. The molecule has 28 heavy (non-hydrogen) atoms. The zero-order valence-corrected chi connectivity index (χ0v) is 15.9. The van der Waals surface area contributed by atoms with E-state index < -0.39 is 16.9 Å². The van der Waals surface area contributed by atoms with Gasteiger partial charge in [0.2, 0.25) is 5.91 Å². The summed E-state index contributed by atoms with van der Waals surface area (Å²) in [7, 11) is 1.55. The molecule has 1 amide bonds. The number of carbonyl (C=O) groups excluding carboxylic acids is 1. The summed E-state index contributed by atoms with van der Waals surface area (Å²) in [5, 5.41) is 22.9. The van der Waals surface area contributed by atoms with Crippen LogP contribution >= 0.6 is 0 Å². The fraction of sp³-hybridized carbons (Fsp3) is 0.400.